The van der Waals surface area contributed by atoms with Gasteiger partial charge < -0.3 is 20.3 Å². The zero-order valence-electron chi connectivity index (χ0n) is 13.6. The number of halogens is 2. The molecule has 1 aliphatic heterocycles. The van der Waals surface area contributed by atoms with Crippen LogP contribution in [0.5, 0.6) is 5.75 Å². The van der Waals surface area contributed by atoms with Crippen LogP contribution in [0.15, 0.2) is 24.3 Å². The van der Waals surface area contributed by atoms with Crippen LogP contribution in [0.3, 0.4) is 0 Å². The van der Waals surface area contributed by atoms with E-state index in [2.05, 4.69) is 15.4 Å². The molecule has 1 fully saturated rings. The molecule has 0 saturated carbocycles. The number of nitrogens with one attached hydrogen (secondary N) is 2. The van der Waals surface area contributed by atoms with Crippen LogP contribution in [0.2, 0.25) is 0 Å². The highest BCUT2D eigenvalue weighted by Gasteiger charge is 2.32. The zero-order chi connectivity index (χ0) is 17.7. The van der Waals surface area contributed by atoms with E-state index in [1.807, 2.05) is 6.92 Å². The molecule has 1 heterocycles. The molecule has 1 aromatic carbocycles. The van der Waals surface area contributed by atoms with Crippen LogP contribution in [-0.2, 0) is 4.79 Å². The summed E-state index contributed by atoms with van der Waals surface area (Å²) in [6.45, 7) is 1.64. The first-order chi connectivity index (χ1) is 11.4. The standard InChI is InChI=1S/C16H21F2N3O3/c1-3-13-14(22)19-8-9-21(13)16(23)20-10(2)11-4-6-12(7-5-11)24-15(17)18/h4-7,10,13,15H,3,8-9H2,1-2H3,(H,19,22)(H,20,23). The summed E-state index contributed by atoms with van der Waals surface area (Å²) in [5.41, 5.74) is 0.750. The number of ether oxygens (including phenoxy) is 1. The molecule has 2 rings (SSSR count). The molecule has 132 valence electrons. The maximum Gasteiger partial charge on any atom is 0.387 e. The Hall–Kier alpha value is -2.38. The average molecular weight is 341 g/mol. The predicted octanol–water partition coefficient (Wildman–Crippen LogP) is 2.27. The number of amides is 3. The predicted molar refractivity (Wildman–Crippen MR) is 83.8 cm³/mol. The first kappa shape index (κ1) is 18.0. The van der Waals surface area contributed by atoms with Crippen molar-refractivity contribution in [3.8, 4) is 5.75 Å². The van der Waals surface area contributed by atoms with E-state index in [9.17, 15) is 18.4 Å². The summed E-state index contributed by atoms with van der Waals surface area (Å²) < 4.78 is 28.6. The molecular formula is C16H21F2N3O3. The molecule has 2 N–H and O–H groups in total. The van der Waals surface area contributed by atoms with Crippen LogP contribution in [0.25, 0.3) is 0 Å². The second kappa shape index (κ2) is 7.94. The first-order valence-corrected chi connectivity index (χ1v) is 7.82. The number of benzene rings is 1. The maximum atomic E-state index is 12.4. The van der Waals surface area contributed by atoms with Crippen molar-refractivity contribution in [2.24, 2.45) is 0 Å². The Morgan fingerprint density at radius 3 is 2.67 bits per heavy atom. The van der Waals surface area contributed by atoms with Crippen molar-refractivity contribution in [2.75, 3.05) is 13.1 Å². The number of carbonyl (C=O) groups excluding carboxylic acids is 2. The number of nitrogens with zero attached hydrogens (tertiary/aromatic N) is 1. The van der Waals surface area contributed by atoms with Gasteiger partial charge in [-0.05, 0) is 31.0 Å². The largest absolute Gasteiger partial charge is 0.435 e. The number of piperazine rings is 1. The Kier molecular flexibility index (Phi) is 5.94. The van der Waals surface area contributed by atoms with Crippen LogP contribution in [0.1, 0.15) is 31.9 Å². The Balaban J connectivity index is 1.99. The number of hydrogen-bond donors (Lipinski definition) is 2. The summed E-state index contributed by atoms with van der Waals surface area (Å²) in [5, 5.41) is 5.57. The number of urea groups is 1. The first-order valence-electron chi connectivity index (χ1n) is 7.82. The summed E-state index contributed by atoms with van der Waals surface area (Å²) in [5.74, 6) is -0.0916. The van der Waals surface area contributed by atoms with Gasteiger partial charge in [0.1, 0.15) is 11.8 Å². The van der Waals surface area contributed by atoms with Crippen molar-refractivity contribution < 1.29 is 23.1 Å². The van der Waals surface area contributed by atoms with Crippen molar-refractivity contribution in [1.29, 1.82) is 0 Å². The van der Waals surface area contributed by atoms with Gasteiger partial charge in [0.15, 0.2) is 0 Å². The van der Waals surface area contributed by atoms with Gasteiger partial charge in [0, 0.05) is 13.1 Å². The van der Waals surface area contributed by atoms with E-state index >= 15 is 0 Å². The highest BCUT2D eigenvalue weighted by Crippen LogP contribution is 2.20. The molecule has 0 spiro atoms. The minimum atomic E-state index is -2.87. The highest BCUT2D eigenvalue weighted by atomic mass is 19.3. The maximum absolute atomic E-state index is 12.4. The van der Waals surface area contributed by atoms with Crippen molar-refractivity contribution in [3.63, 3.8) is 0 Å². The van der Waals surface area contributed by atoms with E-state index < -0.39 is 12.7 Å². The van der Waals surface area contributed by atoms with E-state index in [-0.39, 0.29) is 23.7 Å². The molecule has 3 amide bonds. The molecule has 8 heteroatoms. The second-order valence-electron chi connectivity index (χ2n) is 5.53. The molecule has 1 aliphatic rings. The summed E-state index contributed by atoms with van der Waals surface area (Å²) in [4.78, 5) is 25.8. The third-order valence-electron chi connectivity index (χ3n) is 3.92. The lowest BCUT2D eigenvalue weighted by molar-refractivity contribution is -0.127. The van der Waals surface area contributed by atoms with E-state index in [0.29, 0.717) is 19.5 Å². The third-order valence-corrected chi connectivity index (χ3v) is 3.92. The number of carbonyl (C=O) groups is 2. The summed E-state index contributed by atoms with van der Waals surface area (Å²) in [6, 6.07) is 4.94. The van der Waals surface area contributed by atoms with Crippen LogP contribution >= 0.6 is 0 Å². The van der Waals surface area contributed by atoms with Crippen LogP contribution < -0.4 is 15.4 Å². The minimum Gasteiger partial charge on any atom is -0.435 e. The number of alkyl halides is 2. The van der Waals surface area contributed by atoms with Gasteiger partial charge in [0.25, 0.3) is 0 Å². The van der Waals surface area contributed by atoms with Gasteiger partial charge in [0.2, 0.25) is 5.91 Å². The smallest absolute Gasteiger partial charge is 0.387 e. The molecule has 0 aliphatic carbocycles. The van der Waals surface area contributed by atoms with Gasteiger partial charge in [0.05, 0.1) is 6.04 Å². The molecular weight excluding hydrogens is 320 g/mol. The third kappa shape index (κ3) is 4.33. The topological polar surface area (TPSA) is 70.7 Å². The molecule has 1 aromatic rings. The lowest BCUT2D eigenvalue weighted by Crippen LogP contribution is -2.59. The highest BCUT2D eigenvalue weighted by molar-refractivity contribution is 5.88. The van der Waals surface area contributed by atoms with Gasteiger partial charge >= 0.3 is 12.6 Å². The second-order valence-corrected chi connectivity index (χ2v) is 5.53. The fourth-order valence-electron chi connectivity index (χ4n) is 2.65. The zero-order valence-corrected chi connectivity index (χ0v) is 13.6. The molecule has 0 bridgehead atoms. The average Bonchev–Trinajstić information content (AvgIpc) is 2.54. The lowest BCUT2D eigenvalue weighted by Gasteiger charge is -2.35. The Labute approximate surface area is 139 Å². The minimum absolute atomic E-state index is 0.0611. The Morgan fingerprint density at radius 1 is 1.42 bits per heavy atom. The van der Waals surface area contributed by atoms with Gasteiger partial charge in [-0.3, -0.25) is 4.79 Å². The van der Waals surface area contributed by atoms with Crippen molar-refractivity contribution in [2.45, 2.75) is 39.0 Å². The Morgan fingerprint density at radius 2 is 2.08 bits per heavy atom. The van der Waals surface area contributed by atoms with Crippen molar-refractivity contribution >= 4 is 11.9 Å². The molecule has 2 unspecified atom stereocenters. The van der Waals surface area contributed by atoms with E-state index in [1.54, 1.807) is 19.1 Å². The molecule has 1 saturated heterocycles. The van der Waals surface area contributed by atoms with Crippen LogP contribution in [-0.4, -0.2) is 42.6 Å². The normalized spacial score (nSPS) is 19.0. The van der Waals surface area contributed by atoms with Crippen LogP contribution in [0, 0.1) is 0 Å². The molecule has 24 heavy (non-hydrogen) atoms. The van der Waals surface area contributed by atoms with E-state index in [0.717, 1.165) is 5.56 Å². The molecule has 0 aromatic heterocycles. The monoisotopic (exact) mass is 341 g/mol. The van der Waals surface area contributed by atoms with Gasteiger partial charge in [-0.15, -0.1) is 0 Å². The molecule has 6 nitrogen and oxygen atoms in total. The quantitative estimate of drug-likeness (QED) is 0.863. The van der Waals surface area contributed by atoms with Crippen molar-refractivity contribution in [3.05, 3.63) is 29.8 Å². The van der Waals surface area contributed by atoms with Crippen LogP contribution in [0.4, 0.5) is 13.6 Å². The van der Waals surface area contributed by atoms with Gasteiger partial charge in [-0.1, -0.05) is 19.1 Å². The number of rotatable bonds is 5. The van der Waals surface area contributed by atoms with Gasteiger partial charge in [-0.2, -0.15) is 8.78 Å². The van der Waals surface area contributed by atoms with E-state index in [1.165, 1.54) is 17.0 Å². The number of hydrogen-bond acceptors (Lipinski definition) is 3. The summed E-state index contributed by atoms with van der Waals surface area (Å²) in [7, 11) is 0. The van der Waals surface area contributed by atoms with E-state index in [4.69, 9.17) is 0 Å². The fourth-order valence-corrected chi connectivity index (χ4v) is 2.65. The molecule has 0 radical (unpaired) electrons. The summed E-state index contributed by atoms with van der Waals surface area (Å²) in [6.07, 6.45) is 0.535. The SMILES string of the molecule is CCC1C(=O)NCCN1C(=O)NC(C)c1ccc(OC(F)F)cc1. The molecule has 2 atom stereocenters. The fraction of sp³-hybridized carbons (Fsp3) is 0.500. The van der Waals surface area contributed by atoms with Gasteiger partial charge in [-0.25, -0.2) is 4.79 Å². The van der Waals surface area contributed by atoms with Crippen molar-refractivity contribution in [1.82, 2.24) is 15.5 Å². The Bertz CT molecular complexity index is 580. The summed E-state index contributed by atoms with van der Waals surface area (Å²) >= 11 is 0. The lowest BCUT2D eigenvalue weighted by atomic mass is 10.1.